The molecule has 0 aromatic heterocycles. The molecule has 6 heteroatoms. The molecule has 0 unspecified atom stereocenters. The predicted octanol–water partition coefficient (Wildman–Crippen LogP) is 3.36. The predicted molar refractivity (Wildman–Crippen MR) is 92.2 cm³/mol. The van der Waals surface area contributed by atoms with Gasteiger partial charge in [0.15, 0.2) is 11.5 Å². The van der Waals surface area contributed by atoms with E-state index in [-0.39, 0.29) is 18.3 Å². The van der Waals surface area contributed by atoms with E-state index in [1.165, 1.54) is 0 Å². The topological polar surface area (TPSA) is 73.6 Å². The maximum absolute atomic E-state index is 11.8. The molecule has 3 N–H and O–H groups in total. The van der Waals surface area contributed by atoms with Crippen molar-refractivity contribution in [2.24, 2.45) is 5.73 Å². The molecular formula is C16H27ClN2O3. The van der Waals surface area contributed by atoms with E-state index in [0.717, 1.165) is 12.8 Å². The lowest BCUT2D eigenvalue weighted by Crippen LogP contribution is -2.34. The van der Waals surface area contributed by atoms with Gasteiger partial charge in [-0.3, -0.25) is 4.79 Å². The molecule has 1 aromatic carbocycles. The number of carbonyl (C=O) groups excluding carboxylic acids is 1. The Morgan fingerprint density at radius 1 is 1.14 bits per heavy atom. The molecule has 0 aliphatic rings. The lowest BCUT2D eigenvalue weighted by molar-refractivity contribution is -0.117. The van der Waals surface area contributed by atoms with Crippen molar-refractivity contribution in [1.82, 2.24) is 0 Å². The van der Waals surface area contributed by atoms with Crippen LogP contribution in [0.1, 0.15) is 40.0 Å². The van der Waals surface area contributed by atoms with E-state index in [0.29, 0.717) is 36.8 Å². The zero-order chi connectivity index (χ0) is 15.7. The van der Waals surface area contributed by atoms with Gasteiger partial charge in [-0.2, -0.15) is 0 Å². The van der Waals surface area contributed by atoms with Gasteiger partial charge in [0.05, 0.1) is 19.3 Å². The van der Waals surface area contributed by atoms with Crippen molar-refractivity contribution in [3.63, 3.8) is 0 Å². The minimum atomic E-state index is -0.499. The molecule has 126 valence electrons. The SMILES string of the molecule is CCCOc1ccc(NC(=O)[C@@H](N)CC)cc1OCCC.Cl. The quantitative estimate of drug-likeness (QED) is 0.728. The van der Waals surface area contributed by atoms with Crippen molar-refractivity contribution in [3.8, 4) is 11.5 Å². The van der Waals surface area contributed by atoms with Crippen LogP contribution in [0.2, 0.25) is 0 Å². The molecule has 1 rings (SSSR count). The van der Waals surface area contributed by atoms with E-state index in [2.05, 4.69) is 5.32 Å². The molecule has 0 fully saturated rings. The monoisotopic (exact) mass is 330 g/mol. The molecule has 0 aliphatic carbocycles. The molecule has 1 amide bonds. The van der Waals surface area contributed by atoms with Crippen molar-refractivity contribution in [2.75, 3.05) is 18.5 Å². The van der Waals surface area contributed by atoms with Crippen molar-refractivity contribution in [2.45, 2.75) is 46.1 Å². The van der Waals surface area contributed by atoms with Crippen molar-refractivity contribution >= 4 is 24.0 Å². The standard InChI is InChI=1S/C16H26N2O3.ClH/c1-4-9-20-14-8-7-12(11-15(14)21-10-5-2)18-16(19)13(17)6-3;/h7-8,11,13H,4-6,9-10,17H2,1-3H3,(H,18,19);1H/t13-;/m0./s1. The number of carbonyl (C=O) groups is 1. The molecular weight excluding hydrogens is 304 g/mol. The van der Waals surface area contributed by atoms with Crippen LogP contribution in [-0.2, 0) is 4.79 Å². The molecule has 0 spiro atoms. The average Bonchev–Trinajstić information content (AvgIpc) is 2.50. The van der Waals surface area contributed by atoms with E-state index in [9.17, 15) is 4.79 Å². The number of hydrogen-bond acceptors (Lipinski definition) is 4. The molecule has 0 heterocycles. The number of halogens is 1. The van der Waals surface area contributed by atoms with Gasteiger partial charge in [0.25, 0.3) is 0 Å². The third-order valence-electron chi connectivity index (χ3n) is 2.91. The number of ether oxygens (including phenoxy) is 2. The number of benzene rings is 1. The highest BCUT2D eigenvalue weighted by atomic mass is 35.5. The summed E-state index contributed by atoms with van der Waals surface area (Å²) in [7, 11) is 0. The second-order valence-corrected chi connectivity index (χ2v) is 4.86. The first kappa shape index (κ1) is 20.5. The van der Waals surface area contributed by atoms with E-state index in [1.807, 2.05) is 26.8 Å². The van der Waals surface area contributed by atoms with Crippen LogP contribution in [0.25, 0.3) is 0 Å². The summed E-state index contributed by atoms with van der Waals surface area (Å²) < 4.78 is 11.3. The Morgan fingerprint density at radius 2 is 1.73 bits per heavy atom. The summed E-state index contributed by atoms with van der Waals surface area (Å²) in [5.41, 5.74) is 6.38. The Hall–Kier alpha value is -1.46. The molecule has 22 heavy (non-hydrogen) atoms. The summed E-state index contributed by atoms with van der Waals surface area (Å²) in [5, 5.41) is 2.79. The van der Waals surface area contributed by atoms with Gasteiger partial charge in [-0.1, -0.05) is 20.8 Å². The average molecular weight is 331 g/mol. The summed E-state index contributed by atoms with van der Waals surface area (Å²) in [4.78, 5) is 11.8. The third kappa shape index (κ3) is 6.54. The summed E-state index contributed by atoms with van der Waals surface area (Å²) in [6.07, 6.45) is 2.43. The minimum Gasteiger partial charge on any atom is -0.490 e. The van der Waals surface area contributed by atoms with Crippen molar-refractivity contribution in [3.05, 3.63) is 18.2 Å². The highest BCUT2D eigenvalue weighted by molar-refractivity contribution is 5.94. The van der Waals surface area contributed by atoms with Crippen molar-refractivity contribution < 1.29 is 14.3 Å². The number of rotatable bonds is 9. The fourth-order valence-corrected chi connectivity index (χ4v) is 1.66. The van der Waals surface area contributed by atoms with Gasteiger partial charge >= 0.3 is 0 Å². The van der Waals surface area contributed by atoms with Gasteiger partial charge in [-0.05, 0) is 31.4 Å². The van der Waals surface area contributed by atoms with E-state index in [1.54, 1.807) is 12.1 Å². The Kier molecular flexibility index (Phi) is 10.4. The summed E-state index contributed by atoms with van der Waals surface area (Å²) >= 11 is 0. The Balaban J connectivity index is 0.00000441. The lowest BCUT2D eigenvalue weighted by Gasteiger charge is -2.15. The fraction of sp³-hybridized carbons (Fsp3) is 0.562. The second kappa shape index (κ2) is 11.2. The second-order valence-electron chi connectivity index (χ2n) is 4.86. The van der Waals surface area contributed by atoms with Gasteiger partial charge < -0.3 is 20.5 Å². The molecule has 0 saturated heterocycles. The number of anilines is 1. The Bertz CT molecular complexity index is 455. The van der Waals surface area contributed by atoms with Crippen LogP contribution in [0.5, 0.6) is 11.5 Å². The first-order chi connectivity index (χ1) is 10.1. The molecule has 1 atom stereocenters. The van der Waals surface area contributed by atoms with E-state index < -0.39 is 6.04 Å². The molecule has 1 aromatic rings. The maximum atomic E-state index is 11.8. The number of nitrogens with two attached hydrogens (primary N) is 1. The first-order valence-corrected chi connectivity index (χ1v) is 7.58. The summed E-state index contributed by atoms with van der Waals surface area (Å²) in [6.45, 7) is 7.21. The lowest BCUT2D eigenvalue weighted by atomic mass is 10.2. The Labute approximate surface area is 139 Å². The minimum absolute atomic E-state index is 0. The van der Waals surface area contributed by atoms with Gasteiger partial charge in [-0.15, -0.1) is 12.4 Å². The van der Waals surface area contributed by atoms with Crippen LogP contribution in [0, 0.1) is 0 Å². The molecule has 0 bridgehead atoms. The molecule has 5 nitrogen and oxygen atoms in total. The van der Waals surface area contributed by atoms with Crippen molar-refractivity contribution in [1.29, 1.82) is 0 Å². The van der Waals surface area contributed by atoms with Gasteiger partial charge in [0, 0.05) is 11.8 Å². The summed E-state index contributed by atoms with van der Waals surface area (Å²) in [5.74, 6) is 1.15. The number of hydrogen-bond donors (Lipinski definition) is 2. The fourth-order valence-electron chi connectivity index (χ4n) is 1.66. The zero-order valence-corrected chi connectivity index (χ0v) is 14.4. The smallest absolute Gasteiger partial charge is 0.241 e. The highest BCUT2D eigenvalue weighted by Crippen LogP contribution is 2.31. The van der Waals surface area contributed by atoms with Crippen LogP contribution >= 0.6 is 12.4 Å². The van der Waals surface area contributed by atoms with Gasteiger partial charge in [0.1, 0.15) is 0 Å². The highest BCUT2D eigenvalue weighted by Gasteiger charge is 2.13. The molecule has 0 radical (unpaired) electrons. The van der Waals surface area contributed by atoms with Crippen LogP contribution in [0.3, 0.4) is 0 Å². The van der Waals surface area contributed by atoms with E-state index in [4.69, 9.17) is 15.2 Å². The first-order valence-electron chi connectivity index (χ1n) is 7.58. The van der Waals surface area contributed by atoms with Crippen LogP contribution in [0.4, 0.5) is 5.69 Å². The third-order valence-corrected chi connectivity index (χ3v) is 2.91. The zero-order valence-electron chi connectivity index (χ0n) is 13.6. The Morgan fingerprint density at radius 3 is 2.27 bits per heavy atom. The van der Waals surface area contributed by atoms with E-state index >= 15 is 0 Å². The maximum Gasteiger partial charge on any atom is 0.241 e. The van der Waals surface area contributed by atoms with Crippen LogP contribution in [-0.4, -0.2) is 25.2 Å². The molecule has 0 saturated carbocycles. The summed E-state index contributed by atoms with van der Waals surface area (Å²) in [6, 6.07) is 4.89. The number of nitrogens with one attached hydrogen (secondary N) is 1. The number of amides is 1. The van der Waals surface area contributed by atoms with Crippen LogP contribution < -0.4 is 20.5 Å². The van der Waals surface area contributed by atoms with Gasteiger partial charge in [0.2, 0.25) is 5.91 Å². The van der Waals surface area contributed by atoms with Crippen LogP contribution in [0.15, 0.2) is 18.2 Å². The normalized spacial score (nSPS) is 11.3. The van der Waals surface area contributed by atoms with Gasteiger partial charge in [-0.25, -0.2) is 0 Å². The largest absolute Gasteiger partial charge is 0.490 e. The molecule has 0 aliphatic heterocycles.